The number of hydrogen-bond donors (Lipinski definition) is 0. The molecule has 1 heterocycles. The van der Waals surface area contributed by atoms with Crippen molar-refractivity contribution in [2.45, 2.75) is 27.7 Å². The number of benzene rings is 2. The van der Waals surface area contributed by atoms with Gasteiger partial charge < -0.3 is 0 Å². The van der Waals surface area contributed by atoms with Crippen LogP contribution in [-0.2, 0) is 0 Å². The van der Waals surface area contributed by atoms with E-state index in [4.69, 9.17) is 9.98 Å². The molecular formula is C22H25N5Se. The van der Waals surface area contributed by atoms with E-state index in [-0.39, 0.29) is 15.0 Å². The Bertz CT molecular complexity index is 919. The van der Waals surface area contributed by atoms with Crippen LogP contribution in [0.3, 0.4) is 0 Å². The molecule has 0 radical (unpaired) electrons. The summed E-state index contributed by atoms with van der Waals surface area (Å²) in [6.07, 6.45) is 0. The van der Waals surface area contributed by atoms with Gasteiger partial charge in [0.1, 0.15) is 0 Å². The molecule has 0 atom stereocenters. The van der Waals surface area contributed by atoms with Gasteiger partial charge in [-0.15, -0.1) is 0 Å². The van der Waals surface area contributed by atoms with Crippen molar-refractivity contribution in [3.63, 3.8) is 0 Å². The Kier molecular flexibility index (Phi) is 6.90. The maximum absolute atomic E-state index is 4.91. The number of hydrogen-bond acceptors (Lipinski definition) is 4. The second kappa shape index (κ2) is 9.58. The fourth-order valence-corrected chi connectivity index (χ4v) is 4.47. The van der Waals surface area contributed by atoms with Crippen LogP contribution in [0.15, 0.2) is 74.8 Å². The van der Waals surface area contributed by atoms with E-state index < -0.39 is 0 Å². The summed E-state index contributed by atoms with van der Waals surface area (Å²) in [5, 5.41) is 8.49. The normalized spacial score (nSPS) is 16.4. The molecule has 0 aromatic heterocycles. The van der Waals surface area contributed by atoms with Gasteiger partial charge in [-0.3, -0.25) is 0 Å². The quantitative estimate of drug-likeness (QED) is 0.372. The molecule has 2 aromatic carbocycles. The first-order valence-electron chi connectivity index (χ1n) is 9.45. The number of amidine groups is 1. The molecule has 0 saturated heterocycles. The van der Waals surface area contributed by atoms with Crippen molar-refractivity contribution in [2.24, 2.45) is 20.2 Å². The number of rotatable bonds is 6. The summed E-state index contributed by atoms with van der Waals surface area (Å²) in [4.78, 5) is 12.0. The first-order valence-corrected chi connectivity index (χ1v) is 11.2. The van der Waals surface area contributed by atoms with Gasteiger partial charge >= 0.3 is 173 Å². The number of nitrogens with zero attached hydrogens (tertiary/aromatic N) is 5. The second-order valence-electron chi connectivity index (χ2n) is 6.46. The number of aliphatic imine (C=N–C) groups is 2. The van der Waals surface area contributed by atoms with E-state index in [1.807, 2.05) is 32.0 Å². The van der Waals surface area contributed by atoms with E-state index in [9.17, 15) is 0 Å². The van der Waals surface area contributed by atoms with Gasteiger partial charge in [-0.2, -0.15) is 0 Å². The Morgan fingerprint density at radius 1 is 0.964 bits per heavy atom. The molecule has 144 valence electrons. The van der Waals surface area contributed by atoms with Crippen LogP contribution in [0.25, 0.3) is 0 Å². The minimum atomic E-state index is -0.0678. The van der Waals surface area contributed by atoms with Crippen LogP contribution in [0.5, 0.6) is 0 Å². The minimum absolute atomic E-state index is 0.0678. The van der Waals surface area contributed by atoms with Crippen molar-refractivity contribution in [2.75, 3.05) is 18.0 Å². The molecule has 0 aliphatic carbocycles. The third-order valence-corrected chi connectivity index (χ3v) is 5.94. The summed E-state index contributed by atoms with van der Waals surface area (Å²) in [6, 6.07) is 18.6. The standard InChI is InChI=1S/C22H25N5Se/c1-5-27(6-2)19-14-12-18(13-15-19)23-21-20(17-10-8-7-9-11-17)24-22(28-21)26-25-16(3)4/h7-15H,5-6H2,1-4H3. The van der Waals surface area contributed by atoms with Crippen LogP contribution >= 0.6 is 0 Å². The van der Waals surface area contributed by atoms with E-state index in [2.05, 4.69) is 65.3 Å². The topological polar surface area (TPSA) is 52.7 Å². The summed E-state index contributed by atoms with van der Waals surface area (Å²) in [5.74, 6) is 0. The van der Waals surface area contributed by atoms with Gasteiger partial charge in [-0.05, 0) is 0 Å². The molecule has 2 aromatic rings. The van der Waals surface area contributed by atoms with Gasteiger partial charge in [-0.1, -0.05) is 0 Å². The zero-order valence-electron chi connectivity index (χ0n) is 16.8. The van der Waals surface area contributed by atoms with Gasteiger partial charge in [0.2, 0.25) is 0 Å². The molecule has 0 N–H and O–H groups in total. The monoisotopic (exact) mass is 439 g/mol. The maximum atomic E-state index is 4.91. The Morgan fingerprint density at radius 2 is 1.64 bits per heavy atom. The third-order valence-electron chi connectivity index (χ3n) is 4.19. The Hall–Kier alpha value is -2.56. The van der Waals surface area contributed by atoms with E-state index in [0.29, 0.717) is 0 Å². The summed E-state index contributed by atoms with van der Waals surface area (Å²) in [5.41, 5.74) is 5.03. The number of anilines is 1. The van der Waals surface area contributed by atoms with Crippen LogP contribution < -0.4 is 4.90 Å². The molecule has 28 heavy (non-hydrogen) atoms. The van der Waals surface area contributed by atoms with Crippen molar-refractivity contribution < 1.29 is 0 Å². The predicted molar refractivity (Wildman–Crippen MR) is 122 cm³/mol. The van der Waals surface area contributed by atoms with Gasteiger partial charge in [-0.25, -0.2) is 0 Å². The molecule has 0 saturated carbocycles. The molecule has 0 unspecified atom stereocenters. The van der Waals surface area contributed by atoms with Gasteiger partial charge in [0.25, 0.3) is 0 Å². The van der Waals surface area contributed by atoms with Crippen LogP contribution in [0, 0.1) is 0 Å². The Morgan fingerprint density at radius 3 is 2.25 bits per heavy atom. The summed E-state index contributed by atoms with van der Waals surface area (Å²) < 4.78 is 1.74. The van der Waals surface area contributed by atoms with Crippen molar-refractivity contribution in [1.82, 2.24) is 0 Å². The van der Waals surface area contributed by atoms with Crippen molar-refractivity contribution >= 4 is 47.1 Å². The molecule has 0 spiro atoms. The second-order valence-corrected chi connectivity index (χ2v) is 8.47. The fraction of sp³-hybridized carbons (Fsp3) is 0.273. The molecule has 0 bridgehead atoms. The molecule has 1 aliphatic heterocycles. The van der Waals surface area contributed by atoms with Crippen molar-refractivity contribution in [1.29, 1.82) is 0 Å². The van der Waals surface area contributed by atoms with Crippen LogP contribution in [0.1, 0.15) is 33.3 Å². The first kappa shape index (κ1) is 20.2. The zero-order valence-corrected chi connectivity index (χ0v) is 18.5. The summed E-state index contributed by atoms with van der Waals surface area (Å²) in [6.45, 7) is 10.2. The van der Waals surface area contributed by atoms with Crippen molar-refractivity contribution in [3.05, 3.63) is 60.2 Å². The fourth-order valence-electron chi connectivity index (χ4n) is 2.79. The third kappa shape index (κ3) is 5.03. The molecule has 5 nitrogen and oxygen atoms in total. The van der Waals surface area contributed by atoms with E-state index in [0.717, 1.165) is 45.1 Å². The summed E-state index contributed by atoms with van der Waals surface area (Å²) >= 11 is -0.0678. The average molecular weight is 438 g/mol. The van der Waals surface area contributed by atoms with Crippen LogP contribution in [0.4, 0.5) is 11.4 Å². The van der Waals surface area contributed by atoms with Gasteiger partial charge in [0.05, 0.1) is 0 Å². The first-order chi connectivity index (χ1) is 13.6. The van der Waals surface area contributed by atoms with E-state index >= 15 is 0 Å². The molecule has 6 heteroatoms. The molecule has 0 fully saturated rings. The Labute approximate surface area is 173 Å². The average Bonchev–Trinajstić information content (AvgIpc) is 3.12. The van der Waals surface area contributed by atoms with E-state index in [1.54, 1.807) is 0 Å². The summed E-state index contributed by atoms with van der Waals surface area (Å²) in [7, 11) is 0. The zero-order chi connectivity index (χ0) is 19.9. The molecular weight excluding hydrogens is 413 g/mol. The molecule has 0 amide bonds. The molecule has 3 rings (SSSR count). The van der Waals surface area contributed by atoms with Gasteiger partial charge in [0, 0.05) is 0 Å². The van der Waals surface area contributed by atoms with Crippen LogP contribution in [-0.4, -0.2) is 48.8 Å². The van der Waals surface area contributed by atoms with Crippen molar-refractivity contribution in [3.8, 4) is 0 Å². The van der Waals surface area contributed by atoms with E-state index in [1.165, 1.54) is 5.69 Å². The van der Waals surface area contributed by atoms with Crippen LogP contribution in [0.2, 0.25) is 0 Å². The molecule has 1 aliphatic rings. The SMILES string of the molecule is CCN(CC)c1ccc(N=C2[Se]C(=NN=C(C)C)N=C2c2ccccc2)cc1. The Balaban J connectivity index is 1.93. The van der Waals surface area contributed by atoms with Gasteiger partial charge in [0.15, 0.2) is 0 Å². The predicted octanol–water partition coefficient (Wildman–Crippen LogP) is 4.52.